The monoisotopic (exact) mass is 1260 g/mol. The quantitative estimate of drug-likeness (QED) is 0.108. The van der Waals surface area contributed by atoms with Crippen LogP contribution in [0.1, 0.15) is 44.5 Å². The van der Waals surface area contributed by atoms with Crippen LogP contribution in [0.25, 0.3) is 0 Å². The molecule has 24 heteroatoms. The van der Waals surface area contributed by atoms with Gasteiger partial charge in [-0.15, -0.1) is 46.4 Å². The van der Waals surface area contributed by atoms with Crippen molar-refractivity contribution >= 4 is 162 Å². The normalized spacial score (nSPS) is 14.0. The van der Waals surface area contributed by atoms with E-state index in [9.17, 15) is 19.2 Å². The Hall–Kier alpha value is -3.60. The van der Waals surface area contributed by atoms with Gasteiger partial charge < -0.3 is 37.9 Å². The summed E-state index contributed by atoms with van der Waals surface area (Å²) in [5.41, 5.74) is 8.93. The molecule has 3 aliphatic carbocycles. The molecule has 400 valence electrons. The van der Waals surface area contributed by atoms with Gasteiger partial charge >= 0.3 is 0 Å². The van der Waals surface area contributed by atoms with E-state index in [2.05, 4.69) is 48.5 Å². The number of fused-ring (bicyclic) bond motifs is 4. The highest BCUT2D eigenvalue weighted by Crippen LogP contribution is 2.42. The summed E-state index contributed by atoms with van der Waals surface area (Å²) in [7, 11) is 13.3. The van der Waals surface area contributed by atoms with E-state index in [4.69, 9.17) is 177 Å². The Labute approximate surface area is 488 Å². The topological polar surface area (TPSA) is 142 Å². The van der Waals surface area contributed by atoms with E-state index in [1.807, 2.05) is 0 Å². The van der Waals surface area contributed by atoms with Crippen molar-refractivity contribution in [3.05, 3.63) is 133 Å². The van der Waals surface area contributed by atoms with Crippen LogP contribution in [-0.2, 0) is 44.9 Å². The standard InChI is InChI=1S/C36H40O8.2C6Cl4O2.2CH2Cl2/c1-37-29-13-21-9-23-15-31(39-3)33(41-5)17-25(23)11-27-19-35(43-7)36(44-8)20-28(27)12-26-18-34(42-6)32(40-4)16-24(26)10-22(21)14-30(29)38-2;2*7-1-2(8)6(12)4(10)3(9)5(1)11;2*2-1-3/h13-20H,9-12H2,1-8H3;;;2*1H2. The predicted molar refractivity (Wildman–Crippen MR) is 298 cm³/mol. The second kappa shape index (κ2) is 31.0. The molecule has 0 bridgehead atoms. The summed E-state index contributed by atoms with van der Waals surface area (Å²) in [6.45, 7) is 0. The zero-order valence-electron chi connectivity index (χ0n) is 40.3. The number of Topliss-reactive ketones (excluding diaryl/α,β-unsaturated/α-hetero) is 4. The number of hydrogen-bond acceptors (Lipinski definition) is 12. The molecule has 4 aromatic rings. The molecular formula is C50H44Cl12O12. The second-order valence-electron chi connectivity index (χ2n) is 14.6. The molecule has 0 unspecified atom stereocenters. The molecule has 0 saturated heterocycles. The van der Waals surface area contributed by atoms with Crippen molar-refractivity contribution in [2.45, 2.75) is 25.7 Å². The van der Waals surface area contributed by atoms with Gasteiger partial charge in [-0.1, -0.05) is 92.8 Å². The van der Waals surface area contributed by atoms with E-state index < -0.39 is 63.4 Å². The molecule has 0 aromatic heterocycles. The molecule has 4 aromatic carbocycles. The van der Waals surface area contributed by atoms with Crippen molar-refractivity contribution in [2.75, 3.05) is 67.6 Å². The first-order valence-corrected chi connectivity index (χ1v) is 25.9. The Balaban J connectivity index is 0.000000388. The molecule has 12 nitrogen and oxygen atoms in total. The van der Waals surface area contributed by atoms with Gasteiger partial charge in [0.25, 0.3) is 0 Å². The highest BCUT2D eigenvalue weighted by Gasteiger charge is 2.32. The van der Waals surface area contributed by atoms with E-state index in [0.717, 1.165) is 44.5 Å². The van der Waals surface area contributed by atoms with Crippen LogP contribution >= 0.6 is 139 Å². The summed E-state index contributed by atoms with van der Waals surface area (Å²) in [5, 5.41) is -2.75. The minimum atomic E-state index is -0.729. The van der Waals surface area contributed by atoms with Gasteiger partial charge in [-0.25, -0.2) is 0 Å². The number of alkyl halides is 4. The highest BCUT2D eigenvalue weighted by molar-refractivity contribution is 6.70. The lowest BCUT2D eigenvalue weighted by molar-refractivity contribution is -0.114. The lowest BCUT2D eigenvalue weighted by Crippen LogP contribution is -2.14. The molecular weight excluding hydrogens is 1220 g/mol. The van der Waals surface area contributed by atoms with E-state index in [-0.39, 0.29) is 10.7 Å². The Bertz CT molecular complexity index is 2340. The van der Waals surface area contributed by atoms with Crippen LogP contribution in [0.3, 0.4) is 0 Å². The Morgan fingerprint density at radius 1 is 0.270 bits per heavy atom. The Kier molecular flexibility index (Phi) is 27.1. The van der Waals surface area contributed by atoms with Crippen LogP contribution in [0.15, 0.2) is 88.8 Å². The number of halogens is 12. The molecule has 0 N–H and O–H groups in total. The number of carbonyl (C=O) groups excluding carboxylic acids is 4. The second-order valence-corrected chi connectivity index (χ2v) is 19.3. The number of allylic oxidation sites excluding steroid dienone is 8. The smallest absolute Gasteiger partial charge is 0.219 e. The molecule has 0 fully saturated rings. The molecule has 0 heterocycles. The van der Waals surface area contributed by atoms with Gasteiger partial charge in [0.1, 0.15) is 40.3 Å². The van der Waals surface area contributed by atoms with Gasteiger partial charge in [0.05, 0.1) is 67.6 Å². The first-order valence-electron chi connectivity index (χ1n) is 20.7. The molecule has 0 radical (unpaired) electrons. The number of benzene rings is 4. The number of rotatable bonds is 8. The maximum Gasteiger partial charge on any atom is 0.219 e. The summed E-state index contributed by atoms with van der Waals surface area (Å²) in [6.07, 6.45) is 2.54. The fraction of sp³-hybridized carbons (Fsp3) is 0.280. The minimum Gasteiger partial charge on any atom is -0.493 e. The largest absolute Gasteiger partial charge is 0.493 e. The van der Waals surface area contributed by atoms with Crippen LogP contribution in [-0.4, -0.2) is 90.7 Å². The number of carbonyl (C=O) groups is 4. The fourth-order valence-electron chi connectivity index (χ4n) is 7.17. The lowest BCUT2D eigenvalue weighted by Gasteiger charge is -2.23. The predicted octanol–water partition coefficient (Wildman–Crippen LogP) is 14.3. The zero-order chi connectivity index (χ0) is 55.7. The van der Waals surface area contributed by atoms with Gasteiger partial charge in [-0.2, -0.15) is 0 Å². The third-order valence-corrected chi connectivity index (χ3v) is 14.0. The number of ketones is 4. The first kappa shape index (κ1) is 64.7. The molecule has 74 heavy (non-hydrogen) atoms. The van der Waals surface area contributed by atoms with Gasteiger partial charge in [0, 0.05) is 0 Å². The summed E-state index contributed by atoms with van der Waals surface area (Å²) >= 11 is 62.0. The lowest BCUT2D eigenvalue weighted by atomic mass is 9.85. The summed E-state index contributed by atoms with van der Waals surface area (Å²) < 4.78 is 45.9. The molecule has 0 atom stereocenters. The Morgan fingerprint density at radius 2 is 0.365 bits per heavy atom. The van der Waals surface area contributed by atoms with Crippen LogP contribution in [0.5, 0.6) is 46.0 Å². The van der Waals surface area contributed by atoms with Crippen LogP contribution in [0.2, 0.25) is 0 Å². The van der Waals surface area contributed by atoms with Crippen molar-refractivity contribution < 1.29 is 57.1 Å². The maximum absolute atomic E-state index is 11.0. The number of hydrogen-bond donors (Lipinski definition) is 0. The summed E-state index contributed by atoms with van der Waals surface area (Å²) in [4.78, 5) is 44.0. The maximum atomic E-state index is 11.0. The SMILES string of the molecule is COc1cc2c(cc1OC)Cc1cc(OC)c(OC)cc1Cc1cc(OC)c(OC)cc1Cc1cc(OC)c(OC)cc1C2.ClCCl.ClCCl.O=C1C(Cl)=C(Cl)C(=O)C(Cl)=C1Cl.O=C1C(Cl)=C(Cl)C(=O)C(Cl)=C1Cl. The number of methoxy groups -OCH3 is 8. The molecule has 7 rings (SSSR count). The van der Waals surface area contributed by atoms with E-state index in [1.54, 1.807) is 56.9 Å². The molecule has 0 amide bonds. The zero-order valence-corrected chi connectivity index (χ0v) is 49.4. The Morgan fingerprint density at radius 3 is 0.446 bits per heavy atom. The molecule has 0 spiro atoms. The third-order valence-electron chi connectivity index (χ3n) is 10.7. The minimum absolute atomic E-state index is 0.194. The number of ether oxygens (including phenoxy) is 8. The van der Waals surface area contributed by atoms with Crippen molar-refractivity contribution in [3.8, 4) is 46.0 Å². The van der Waals surface area contributed by atoms with Crippen LogP contribution in [0.4, 0.5) is 0 Å². The van der Waals surface area contributed by atoms with Crippen molar-refractivity contribution in [1.29, 1.82) is 0 Å². The average molecular weight is 1260 g/mol. The third kappa shape index (κ3) is 15.8. The fourth-order valence-corrected chi connectivity index (χ4v) is 8.81. The van der Waals surface area contributed by atoms with E-state index in [1.165, 1.54) is 0 Å². The van der Waals surface area contributed by atoms with E-state index in [0.29, 0.717) is 71.7 Å². The average Bonchev–Trinajstić information content (AvgIpc) is 3.41. The van der Waals surface area contributed by atoms with Gasteiger partial charge in [-0.3, -0.25) is 19.2 Å². The highest BCUT2D eigenvalue weighted by atomic mass is 35.5. The van der Waals surface area contributed by atoms with Crippen molar-refractivity contribution in [1.82, 2.24) is 0 Å². The van der Waals surface area contributed by atoms with Crippen molar-refractivity contribution in [3.63, 3.8) is 0 Å². The summed E-state index contributed by atoms with van der Waals surface area (Å²) in [5.74, 6) is 2.49. The van der Waals surface area contributed by atoms with E-state index >= 15 is 0 Å². The van der Waals surface area contributed by atoms with Gasteiger partial charge in [-0.05, 0) is 119 Å². The molecule has 3 aliphatic rings. The summed E-state index contributed by atoms with van der Waals surface area (Å²) in [6, 6.07) is 16.6. The first-order chi connectivity index (χ1) is 35.1. The molecule has 0 saturated carbocycles. The van der Waals surface area contributed by atoms with Gasteiger partial charge in [0.15, 0.2) is 46.0 Å². The van der Waals surface area contributed by atoms with Crippen LogP contribution < -0.4 is 37.9 Å². The van der Waals surface area contributed by atoms with Gasteiger partial charge in [0.2, 0.25) is 23.1 Å². The van der Waals surface area contributed by atoms with Crippen LogP contribution in [0, 0.1) is 0 Å². The molecule has 0 aliphatic heterocycles. The van der Waals surface area contributed by atoms with Crippen molar-refractivity contribution in [2.24, 2.45) is 0 Å².